The Bertz CT molecular complexity index is 75.7. The highest BCUT2D eigenvalue weighted by Crippen LogP contribution is 2.25. The molecule has 1 rings (SSSR count). The molecule has 3 heteroatoms. The first kappa shape index (κ1) is 13.2. The van der Waals surface area contributed by atoms with E-state index in [1.165, 1.54) is 25.9 Å². The van der Waals surface area contributed by atoms with E-state index >= 15 is 0 Å². The van der Waals surface area contributed by atoms with E-state index in [0.29, 0.717) is 5.41 Å². The van der Waals surface area contributed by atoms with Crippen LogP contribution in [0.3, 0.4) is 0 Å². The number of rotatable bonds is 0. The molecular formula is C7H17Cl2N. The highest BCUT2D eigenvalue weighted by Gasteiger charge is 2.19. The highest BCUT2D eigenvalue weighted by molar-refractivity contribution is 5.85. The Balaban J connectivity index is 0. The summed E-state index contributed by atoms with van der Waals surface area (Å²) in [7, 11) is 0. The number of halogens is 2. The van der Waals surface area contributed by atoms with Crippen molar-refractivity contribution >= 4 is 24.8 Å². The molecule has 0 unspecified atom stereocenters. The third-order valence-electron chi connectivity index (χ3n) is 1.96. The van der Waals surface area contributed by atoms with Crippen molar-refractivity contribution in [2.45, 2.75) is 26.7 Å². The lowest BCUT2D eigenvalue weighted by Crippen LogP contribution is -2.32. The first-order valence-electron chi connectivity index (χ1n) is 3.41. The van der Waals surface area contributed by atoms with Gasteiger partial charge in [-0.25, -0.2) is 0 Å². The number of hydrogen-bond donors (Lipinski definition) is 1. The van der Waals surface area contributed by atoms with Crippen molar-refractivity contribution in [3.63, 3.8) is 0 Å². The molecule has 0 aromatic rings. The smallest absolute Gasteiger partial charge is 0.00438 e. The molecule has 0 spiro atoms. The zero-order valence-corrected chi connectivity index (χ0v) is 8.28. The van der Waals surface area contributed by atoms with Crippen LogP contribution in [0.25, 0.3) is 0 Å². The number of nitrogens with one attached hydrogen (secondary N) is 1. The Labute approximate surface area is 75.8 Å². The van der Waals surface area contributed by atoms with Crippen molar-refractivity contribution in [3.05, 3.63) is 0 Å². The monoisotopic (exact) mass is 185 g/mol. The van der Waals surface area contributed by atoms with E-state index in [4.69, 9.17) is 0 Å². The molecule has 0 aromatic carbocycles. The Hall–Kier alpha value is 0.540. The summed E-state index contributed by atoms with van der Waals surface area (Å²) in [6, 6.07) is 0. The predicted octanol–water partition coefficient (Wildman–Crippen LogP) is 2.24. The maximum atomic E-state index is 3.34. The van der Waals surface area contributed by atoms with Gasteiger partial charge >= 0.3 is 0 Å². The zero-order chi connectivity index (χ0) is 6.04. The fraction of sp³-hybridized carbons (Fsp3) is 1.00. The Morgan fingerprint density at radius 1 is 1.00 bits per heavy atom. The maximum absolute atomic E-state index is 3.34. The molecule has 0 bridgehead atoms. The van der Waals surface area contributed by atoms with E-state index in [-0.39, 0.29) is 24.8 Å². The molecule has 1 saturated heterocycles. The van der Waals surface area contributed by atoms with Crippen molar-refractivity contribution in [2.75, 3.05) is 13.1 Å². The van der Waals surface area contributed by atoms with Gasteiger partial charge in [-0.1, -0.05) is 13.8 Å². The Morgan fingerprint density at radius 3 is 1.60 bits per heavy atom. The van der Waals surface area contributed by atoms with E-state index in [0.717, 1.165) is 0 Å². The van der Waals surface area contributed by atoms with Crippen molar-refractivity contribution in [1.29, 1.82) is 0 Å². The summed E-state index contributed by atoms with van der Waals surface area (Å²) in [5.41, 5.74) is 0.616. The van der Waals surface area contributed by atoms with Gasteiger partial charge in [0.1, 0.15) is 0 Å². The second-order valence-corrected chi connectivity index (χ2v) is 3.41. The minimum atomic E-state index is 0. The van der Waals surface area contributed by atoms with Crippen LogP contribution in [0.2, 0.25) is 0 Å². The largest absolute Gasteiger partial charge is 0.317 e. The summed E-state index contributed by atoms with van der Waals surface area (Å²) in [6.45, 7) is 7.11. The molecular weight excluding hydrogens is 169 g/mol. The first-order valence-corrected chi connectivity index (χ1v) is 3.41. The SMILES string of the molecule is CC1(C)CCNCC1.Cl.Cl. The first-order chi connectivity index (χ1) is 3.71. The molecule has 0 saturated carbocycles. The summed E-state index contributed by atoms with van der Waals surface area (Å²) in [4.78, 5) is 0. The number of hydrogen-bond acceptors (Lipinski definition) is 1. The second kappa shape index (κ2) is 5.22. The van der Waals surface area contributed by atoms with E-state index in [1.54, 1.807) is 0 Å². The van der Waals surface area contributed by atoms with Crippen LogP contribution in [0.15, 0.2) is 0 Å². The fourth-order valence-electron chi connectivity index (χ4n) is 1.10. The topological polar surface area (TPSA) is 12.0 Å². The molecule has 0 atom stereocenters. The molecule has 10 heavy (non-hydrogen) atoms. The van der Waals surface area contributed by atoms with Crippen LogP contribution in [0, 0.1) is 5.41 Å². The quantitative estimate of drug-likeness (QED) is 0.611. The van der Waals surface area contributed by atoms with Crippen molar-refractivity contribution in [1.82, 2.24) is 5.32 Å². The van der Waals surface area contributed by atoms with Gasteiger partial charge in [-0.2, -0.15) is 0 Å². The van der Waals surface area contributed by atoms with Crippen LogP contribution >= 0.6 is 24.8 Å². The molecule has 1 aliphatic rings. The highest BCUT2D eigenvalue weighted by atomic mass is 35.5. The molecule has 1 heterocycles. The van der Waals surface area contributed by atoms with Crippen molar-refractivity contribution in [3.8, 4) is 0 Å². The standard InChI is InChI=1S/C7H15N.2ClH/c1-7(2)3-5-8-6-4-7;;/h8H,3-6H2,1-2H3;2*1H. The molecule has 0 radical (unpaired) electrons. The minimum absolute atomic E-state index is 0. The Morgan fingerprint density at radius 2 is 1.40 bits per heavy atom. The van der Waals surface area contributed by atoms with Gasteiger partial charge in [0.05, 0.1) is 0 Å². The molecule has 0 aromatic heterocycles. The maximum Gasteiger partial charge on any atom is -0.00438 e. The van der Waals surface area contributed by atoms with Gasteiger partial charge in [0.15, 0.2) is 0 Å². The van der Waals surface area contributed by atoms with E-state index in [2.05, 4.69) is 19.2 Å². The normalized spacial score (nSPS) is 22.2. The van der Waals surface area contributed by atoms with Crippen molar-refractivity contribution < 1.29 is 0 Å². The molecule has 1 N–H and O–H groups in total. The lowest BCUT2D eigenvalue weighted by Gasteiger charge is -2.29. The fourth-order valence-corrected chi connectivity index (χ4v) is 1.10. The van der Waals surface area contributed by atoms with Crippen molar-refractivity contribution in [2.24, 2.45) is 5.41 Å². The molecule has 1 aliphatic heterocycles. The average Bonchev–Trinajstić information content (AvgIpc) is 1.65. The zero-order valence-electron chi connectivity index (χ0n) is 6.64. The average molecular weight is 186 g/mol. The summed E-state index contributed by atoms with van der Waals surface area (Å²) < 4.78 is 0. The van der Waals surface area contributed by atoms with E-state index < -0.39 is 0 Å². The summed E-state index contributed by atoms with van der Waals surface area (Å²) in [5.74, 6) is 0. The van der Waals surface area contributed by atoms with Gasteiger partial charge in [0.2, 0.25) is 0 Å². The van der Waals surface area contributed by atoms with Gasteiger partial charge in [0, 0.05) is 0 Å². The minimum Gasteiger partial charge on any atom is -0.317 e. The van der Waals surface area contributed by atoms with Crippen LogP contribution in [-0.2, 0) is 0 Å². The number of piperidine rings is 1. The second-order valence-electron chi connectivity index (χ2n) is 3.41. The van der Waals surface area contributed by atoms with Crippen LogP contribution in [-0.4, -0.2) is 13.1 Å². The van der Waals surface area contributed by atoms with E-state index in [1.807, 2.05) is 0 Å². The van der Waals surface area contributed by atoms with Gasteiger partial charge < -0.3 is 5.32 Å². The Kier molecular flexibility index (Phi) is 6.87. The van der Waals surface area contributed by atoms with Gasteiger partial charge in [-0.3, -0.25) is 0 Å². The summed E-state index contributed by atoms with van der Waals surface area (Å²) in [5, 5.41) is 3.34. The summed E-state index contributed by atoms with van der Waals surface area (Å²) in [6.07, 6.45) is 2.68. The van der Waals surface area contributed by atoms with Crippen LogP contribution in [0.1, 0.15) is 26.7 Å². The van der Waals surface area contributed by atoms with Crippen LogP contribution in [0.4, 0.5) is 0 Å². The van der Waals surface area contributed by atoms with Gasteiger partial charge in [0.25, 0.3) is 0 Å². The van der Waals surface area contributed by atoms with Crippen LogP contribution < -0.4 is 5.32 Å². The predicted molar refractivity (Wildman–Crippen MR) is 50.4 cm³/mol. The lowest BCUT2D eigenvalue weighted by atomic mass is 9.83. The van der Waals surface area contributed by atoms with Crippen LogP contribution in [0.5, 0.6) is 0 Å². The molecule has 0 amide bonds. The van der Waals surface area contributed by atoms with E-state index in [9.17, 15) is 0 Å². The molecule has 1 fully saturated rings. The summed E-state index contributed by atoms with van der Waals surface area (Å²) >= 11 is 0. The van der Waals surface area contributed by atoms with Gasteiger partial charge in [-0.15, -0.1) is 24.8 Å². The third kappa shape index (κ3) is 4.37. The third-order valence-corrected chi connectivity index (χ3v) is 1.96. The molecule has 0 aliphatic carbocycles. The van der Waals surface area contributed by atoms with Gasteiger partial charge in [-0.05, 0) is 31.3 Å². The molecule has 1 nitrogen and oxygen atoms in total. The molecule has 64 valence electrons. The lowest BCUT2D eigenvalue weighted by molar-refractivity contribution is 0.259.